The lowest BCUT2D eigenvalue weighted by Gasteiger charge is -2.13. The van der Waals surface area contributed by atoms with E-state index in [1.54, 1.807) is 19.0 Å². The molecule has 0 fully saturated rings. The van der Waals surface area contributed by atoms with E-state index in [9.17, 15) is 0 Å². The number of halogens is 3. The van der Waals surface area contributed by atoms with Gasteiger partial charge in [0.15, 0.2) is 0 Å². The zero-order valence-corrected chi connectivity index (χ0v) is 10.8. The summed E-state index contributed by atoms with van der Waals surface area (Å²) in [6.07, 6.45) is 0. The lowest BCUT2D eigenvalue weighted by atomic mass is 10.9. The first-order valence-corrected chi connectivity index (χ1v) is 6.06. The molecule has 2 unspecified atom stereocenters. The van der Waals surface area contributed by atoms with Crippen LogP contribution in [-0.4, -0.2) is 35.0 Å². The van der Waals surface area contributed by atoms with Gasteiger partial charge in [0.05, 0.1) is 6.00 Å². The summed E-state index contributed by atoms with van der Waals surface area (Å²) in [4.78, 5) is 1.60. The summed E-state index contributed by atoms with van der Waals surface area (Å²) in [6.45, 7) is 1.83. The average molecular weight is 265 g/mol. The van der Waals surface area contributed by atoms with Crippen LogP contribution < -0.4 is 0 Å². The maximum Gasteiger partial charge on any atom is 0.207 e. The Balaban J connectivity index is 4.52. The minimum absolute atomic E-state index is 0.150. The van der Waals surface area contributed by atoms with Gasteiger partial charge in [-0.3, -0.25) is 0 Å². The number of amidine groups is 1. The average Bonchev–Trinajstić information content (AvgIpc) is 2.11. The molecule has 0 aromatic heterocycles. The minimum Gasteiger partial charge on any atom is -0.336 e. The highest BCUT2D eigenvalue weighted by Gasteiger charge is 2.06. The van der Waals surface area contributed by atoms with Crippen molar-refractivity contribution in [1.29, 1.82) is 0 Å². The lowest BCUT2D eigenvalue weighted by Crippen LogP contribution is -2.21. The molecule has 13 heavy (non-hydrogen) atoms. The Bertz CT molecular complexity index is 217. The molecule has 0 aromatic carbocycles. The van der Waals surface area contributed by atoms with E-state index in [1.165, 1.54) is 0 Å². The fourth-order valence-electron chi connectivity index (χ4n) is 0.455. The van der Waals surface area contributed by atoms with Crippen molar-refractivity contribution in [2.75, 3.05) is 20.1 Å². The van der Waals surface area contributed by atoms with Gasteiger partial charge in [-0.1, -0.05) is 0 Å². The van der Waals surface area contributed by atoms with Crippen molar-refractivity contribution in [3.8, 4) is 0 Å². The summed E-state index contributed by atoms with van der Waals surface area (Å²) in [7, 11) is 2.82. The molecule has 7 heteroatoms. The van der Waals surface area contributed by atoms with Gasteiger partial charge in [-0.15, -0.1) is 23.2 Å². The first-order valence-electron chi connectivity index (χ1n) is 3.51. The highest BCUT2D eigenvalue weighted by Crippen LogP contribution is 2.08. The Morgan fingerprint density at radius 1 is 1.62 bits per heavy atom. The first-order chi connectivity index (χ1) is 6.02. The van der Waals surface area contributed by atoms with Crippen LogP contribution in [0.5, 0.6) is 0 Å². The van der Waals surface area contributed by atoms with Gasteiger partial charge in [0.25, 0.3) is 0 Å². The van der Waals surface area contributed by atoms with Crippen LogP contribution in [-0.2, 0) is 10.9 Å². The van der Waals surface area contributed by atoms with E-state index >= 15 is 0 Å². The summed E-state index contributed by atoms with van der Waals surface area (Å²) >= 11 is 17.2. The molecule has 0 saturated carbocycles. The van der Waals surface area contributed by atoms with Crippen molar-refractivity contribution in [3.05, 3.63) is 0 Å². The fraction of sp³-hybridized carbons (Fsp3) is 0.833. The molecule has 0 radical (unpaired) electrons. The molecule has 3 nitrogen and oxygen atoms in total. The molecule has 0 bridgehead atoms. The predicted octanol–water partition coefficient (Wildman–Crippen LogP) is 2.64. The van der Waals surface area contributed by atoms with Crippen molar-refractivity contribution in [2.45, 2.75) is 11.6 Å². The molecular weight excluding hydrogens is 253 g/mol. The smallest absolute Gasteiger partial charge is 0.207 e. The molecule has 0 amide bonds. The normalized spacial score (nSPS) is 17.2. The number of alkyl halides is 2. The fourth-order valence-corrected chi connectivity index (χ4v) is 2.07. The van der Waals surface area contributed by atoms with Gasteiger partial charge < -0.3 is 4.90 Å². The van der Waals surface area contributed by atoms with E-state index in [4.69, 9.17) is 34.8 Å². The predicted molar refractivity (Wildman–Crippen MR) is 62.8 cm³/mol. The maximum absolute atomic E-state index is 5.84. The monoisotopic (exact) mass is 263 g/mol. The maximum atomic E-state index is 5.84. The van der Waals surface area contributed by atoms with Crippen LogP contribution >= 0.6 is 34.8 Å². The number of hydrogen-bond acceptors (Lipinski definition) is 1. The van der Waals surface area contributed by atoms with Crippen LogP contribution in [0, 0.1) is 0 Å². The van der Waals surface area contributed by atoms with E-state index < -0.39 is 10.9 Å². The SMILES string of the molecule is CN=S(N=C(Cl)N(C)CCl)C(C)Cl. The van der Waals surface area contributed by atoms with Gasteiger partial charge >= 0.3 is 0 Å². The number of nitrogens with zero attached hydrogens (tertiary/aromatic N) is 3. The van der Waals surface area contributed by atoms with Gasteiger partial charge in [-0.05, 0) is 18.5 Å². The molecule has 0 heterocycles. The zero-order valence-electron chi connectivity index (χ0n) is 7.67. The molecule has 0 N–H and O–H groups in total. The van der Waals surface area contributed by atoms with Crippen LogP contribution in [0.4, 0.5) is 0 Å². The zero-order chi connectivity index (χ0) is 10.4. The first kappa shape index (κ1) is 13.5. The Hall–Kier alpha value is 0.490. The topological polar surface area (TPSA) is 28.0 Å². The van der Waals surface area contributed by atoms with Crippen molar-refractivity contribution in [3.63, 3.8) is 0 Å². The Morgan fingerprint density at radius 2 is 2.15 bits per heavy atom. The van der Waals surface area contributed by atoms with Crippen LogP contribution in [0.3, 0.4) is 0 Å². The molecule has 0 aliphatic rings. The molecule has 2 atom stereocenters. The second kappa shape index (κ2) is 6.87. The van der Waals surface area contributed by atoms with Gasteiger partial charge in [0, 0.05) is 25.0 Å². The second-order valence-corrected chi connectivity index (χ2v) is 5.53. The van der Waals surface area contributed by atoms with E-state index in [1.807, 2.05) is 6.92 Å². The Morgan fingerprint density at radius 3 is 2.46 bits per heavy atom. The van der Waals surface area contributed by atoms with E-state index in [-0.39, 0.29) is 4.71 Å². The number of rotatable bonds is 3. The third-order valence-corrected chi connectivity index (χ3v) is 3.77. The van der Waals surface area contributed by atoms with Gasteiger partial charge in [-0.25, -0.2) is 4.36 Å². The number of hydrogen-bond donors (Lipinski definition) is 0. The minimum atomic E-state index is -0.589. The molecule has 0 spiro atoms. The van der Waals surface area contributed by atoms with Crippen molar-refractivity contribution >= 4 is 51.0 Å². The molecule has 0 aliphatic heterocycles. The molecule has 0 saturated heterocycles. The van der Waals surface area contributed by atoms with Gasteiger partial charge in [-0.2, -0.15) is 4.40 Å². The van der Waals surface area contributed by atoms with Crippen molar-refractivity contribution in [1.82, 2.24) is 4.90 Å². The van der Waals surface area contributed by atoms with Crippen LogP contribution in [0.1, 0.15) is 6.92 Å². The standard InChI is InChI=1S/C6H12Cl3N3S/c1-5(8)13(10-2)11-6(9)12(3)4-7/h5H,4H2,1-3H3. The van der Waals surface area contributed by atoms with Gasteiger partial charge in [0.2, 0.25) is 5.29 Å². The Kier molecular flexibility index (Phi) is 7.13. The quantitative estimate of drug-likeness (QED) is 0.333. The van der Waals surface area contributed by atoms with Gasteiger partial charge in [0.1, 0.15) is 4.71 Å². The third kappa shape index (κ3) is 5.05. The van der Waals surface area contributed by atoms with E-state index in [0.29, 0.717) is 11.3 Å². The molecular formula is C6H12Cl3N3S. The molecule has 78 valence electrons. The van der Waals surface area contributed by atoms with E-state index in [0.717, 1.165) is 0 Å². The molecule has 0 aromatic rings. The summed E-state index contributed by atoms with van der Waals surface area (Å²) in [6, 6.07) is 0.292. The third-order valence-electron chi connectivity index (χ3n) is 1.14. The Labute approximate surface area is 96.3 Å². The summed E-state index contributed by atoms with van der Waals surface area (Å²) in [5.74, 6) is 0. The summed E-state index contributed by atoms with van der Waals surface area (Å²) in [5, 5.41) is 0.330. The van der Waals surface area contributed by atoms with E-state index in [2.05, 4.69) is 8.76 Å². The highest BCUT2D eigenvalue weighted by atomic mass is 35.5. The van der Waals surface area contributed by atoms with Crippen LogP contribution in [0.25, 0.3) is 0 Å². The second-order valence-electron chi connectivity index (χ2n) is 2.20. The van der Waals surface area contributed by atoms with Crippen LogP contribution in [0.2, 0.25) is 0 Å². The largest absolute Gasteiger partial charge is 0.336 e. The summed E-state index contributed by atoms with van der Waals surface area (Å²) < 4.78 is 7.97. The lowest BCUT2D eigenvalue weighted by molar-refractivity contribution is 0.607. The molecule has 0 rings (SSSR count). The van der Waals surface area contributed by atoms with Crippen molar-refractivity contribution in [2.24, 2.45) is 8.76 Å². The highest BCUT2D eigenvalue weighted by molar-refractivity contribution is 7.88. The summed E-state index contributed by atoms with van der Waals surface area (Å²) in [5.41, 5.74) is 0. The van der Waals surface area contributed by atoms with Crippen molar-refractivity contribution < 1.29 is 0 Å². The molecule has 0 aliphatic carbocycles. The van der Waals surface area contributed by atoms with Crippen LogP contribution in [0.15, 0.2) is 8.76 Å².